The number of methoxy groups -OCH3 is 1. The number of anilines is 5. The van der Waals surface area contributed by atoms with Crippen LogP contribution in [0.1, 0.15) is 99.1 Å². The minimum absolute atomic E-state index is 0.0186. The predicted molar refractivity (Wildman–Crippen MR) is 312 cm³/mol. The first kappa shape index (κ1) is 64.5. The van der Waals surface area contributed by atoms with E-state index in [-0.39, 0.29) is 65.9 Å². The summed E-state index contributed by atoms with van der Waals surface area (Å²) in [5, 5.41) is 15.4. The fraction of sp³-hybridized carbons (Fsp3) is 0.296. The number of nitrogens with one attached hydrogen (secondary N) is 4. The number of nitrogens with two attached hydrogens (primary N) is 2. The lowest BCUT2D eigenvalue weighted by Crippen LogP contribution is -2.31. The molecule has 7 aromatic rings. The third kappa shape index (κ3) is 19.7. The molecule has 0 aliphatic carbocycles. The Hall–Kier alpha value is -7.76. The first-order chi connectivity index (χ1) is 37.5. The van der Waals surface area contributed by atoms with Crippen LogP contribution in [-0.2, 0) is 23.7 Å². The summed E-state index contributed by atoms with van der Waals surface area (Å²) >= 11 is 15.6. The summed E-state index contributed by atoms with van der Waals surface area (Å²) in [7, 11) is 3.25. The first-order valence-corrected chi connectivity index (χ1v) is 27.0. The summed E-state index contributed by atoms with van der Waals surface area (Å²) in [5.74, 6) is -1.74. The van der Waals surface area contributed by atoms with Crippen molar-refractivity contribution >= 4 is 109 Å². The zero-order valence-corrected chi connectivity index (χ0v) is 48.0. The molecule has 0 radical (unpaired) electrons. The summed E-state index contributed by atoms with van der Waals surface area (Å²) in [4.78, 5) is 81.6. The molecule has 0 aliphatic heterocycles. The second-order valence-corrected chi connectivity index (χ2v) is 18.4. The van der Waals surface area contributed by atoms with Crippen molar-refractivity contribution in [2.45, 2.75) is 67.7 Å². The molecule has 20 nitrogen and oxygen atoms in total. The minimum Gasteiger partial charge on any atom is -0.466 e. The van der Waals surface area contributed by atoms with E-state index in [4.69, 9.17) is 48.9 Å². The Kier molecular flexibility index (Phi) is 28.2. The highest BCUT2D eigenvalue weighted by molar-refractivity contribution is 7.14. The summed E-state index contributed by atoms with van der Waals surface area (Å²) in [5.41, 5.74) is 17.0. The Morgan fingerprint density at radius 1 is 0.615 bits per heavy atom. The molecule has 4 aromatic heterocycles. The number of nitrogens with zero attached hydrogens (tertiary/aromatic N) is 4. The number of amides is 4. The van der Waals surface area contributed by atoms with Gasteiger partial charge in [0.25, 0.3) is 0 Å². The van der Waals surface area contributed by atoms with Crippen LogP contribution < -0.4 is 32.7 Å². The summed E-state index contributed by atoms with van der Waals surface area (Å²) in [6, 6.07) is 22.5. The van der Waals surface area contributed by atoms with Crippen LogP contribution >= 0.6 is 45.9 Å². The predicted octanol–water partition coefficient (Wildman–Crippen LogP) is 12.7. The van der Waals surface area contributed by atoms with Gasteiger partial charge in [0.05, 0.1) is 49.0 Å². The average Bonchev–Trinajstić information content (AvgIpc) is 4.22. The van der Waals surface area contributed by atoms with Gasteiger partial charge in [-0.25, -0.2) is 29.1 Å². The Labute approximate surface area is 471 Å². The topological polar surface area (TPSA) is 275 Å². The SMILES string of the molecule is CCC.CCC.CCOC(=O)CCNC(=O)Nc1cc(Cl)n(-c2ccc(-c3csc(N)n3)cc2)c1C(=O)OCC.CCOC(=O)c1c(NC(=O)Nc2cccc(C=O)c2)cc(Cl)n1-c1ccc(-c2csc(N)n2)cc1.COC. The number of urea groups is 2. The van der Waals surface area contributed by atoms with Gasteiger partial charge in [-0.15, -0.1) is 22.7 Å². The lowest BCUT2D eigenvalue weighted by molar-refractivity contribution is -0.142. The Morgan fingerprint density at radius 2 is 1.04 bits per heavy atom. The zero-order valence-electron chi connectivity index (χ0n) is 44.9. The number of hydrogen-bond acceptors (Lipinski definition) is 16. The van der Waals surface area contributed by atoms with Crippen LogP contribution in [0.3, 0.4) is 0 Å². The Balaban J connectivity index is 0.000000356. The maximum Gasteiger partial charge on any atom is 0.357 e. The van der Waals surface area contributed by atoms with E-state index >= 15 is 0 Å². The van der Waals surface area contributed by atoms with Gasteiger partial charge in [-0.2, -0.15) is 0 Å². The molecule has 4 heterocycles. The van der Waals surface area contributed by atoms with Crippen LogP contribution in [-0.4, -0.2) is 95.9 Å². The second-order valence-electron chi connectivity index (χ2n) is 15.9. The summed E-state index contributed by atoms with van der Waals surface area (Å²) < 4.78 is 22.4. The monoisotopic (exact) mass is 1150 g/mol. The van der Waals surface area contributed by atoms with Crippen molar-refractivity contribution in [2.24, 2.45) is 0 Å². The summed E-state index contributed by atoms with van der Waals surface area (Å²) in [6.45, 7) is 14.2. The molecule has 7 rings (SSSR count). The molecule has 8 N–H and O–H groups in total. The molecule has 0 bridgehead atoms. The number of carbonyl (C=O) groups excluding carboxylic acids is 6. The number of nitrogen functional groups attached to an aromatic ring is 2. The number of hydrogen-bond donors (Lipinski definition) is 6. The van der Waals surface area contributed by atoms with E-state index in [2.05, 4.69) is 63.7 Å². The van der Waals surface area contributed by atoms with Crippen molar-refractivity contribution in [2.75, 3.05) is 68.0 Å². The van der Waals surface area contributed by atoms with E-state index in [1.807, 2.05) is 35.0 Å². The second kappa shape index (κ2) is 34.1. The number of aldehydes is 1. The molecule has 0 spiro atoms. The standard InChI is InChI=1S/C24H20ClN5O4S.C22H24ClN5O5S.2C3H8.C2H6O/c1-2-34-22(32)21-18(29-24(33)27-16-5-3-4-14(10-16)12-31)11-20(25)30(21)17-8-6-15(7-9-17)19-13-35-23(26)28-19;1-3-32-18(29)9-10-25-22(31)27-15-11-17(23)28(19(15)20(30)33-4-2)14-7-5-13(6-8-14)16-12-34-21(24)26-16;3*1-3-2/h3-13H,2H2,1H3,(H2,26,28)(H2,27,29,33);5-8,11-12H,3-4,9-10H2,1-2H3,(H2,24,26)(H2,25,27,31);2*3H2,1-2H3;1-2H3. The van der Waals surface area contributed by atoms with Gasteiger partial charge in [-0.05, 0) is 57.2 Å². The number of halogens is 2. The maximum atomic E-state index is 12.9. The normalized spacial score (nSPS) is 10.0. The van der Waals surface area contributed by atoms with Crippen LogP contribution in [0.5, 0.6) is 0 Å². The van der Waals surface area contributed by atoms with Crippen LogP contribution in [0.4, 0.5) is 36.9 Å². The molecule has 418 valence electrons. The lowest BCUT2D eigenvalue weighted by atomic mass is 10.1. The van der Waals surface area contributed by atoms with Crippen LogP contribution in [0, 0.1) is 0 Å². The lowest BCUT2D eigenvalue weighted by Gasteiger charge is -2.13. The molecule has 3 aromatic carbocycles. The van der Waals surface area contributed by atoms with Crippen molar-refractivity contribution in [1.29, 1.82) is 0 Å². The van der Waals surface area contributed by atoms with Crippen molar-refractivity contribution in [1.82, 2.24) is 24.4 Å². The van der Waals surface area contributed by atoms with Gasteiger partial charge >= 0.3 is 30.0 Å². The van der Waals surface area contributed by atoms with Crippen molar-refractivity contribution < 1.29 is 47.7 Å². The minimum atomic E-state index is -0.660. The van der Waals surface area contributed by atoms with Crippen LogP contribution in [0.15, 0.2) is 95.7 Å². The zero-order chi connectivity index (χ0) is 57.7. The molecular weight excluding hydrogens is 1080 g/mol. The average molecular weight is 1150 g/mol. The van der Waals surface area contributed by atoms with Crippen molar-refractivity contribution in [3.63, 3.8) is 0 Å². The van der Waals surface area contributed by atoms with Gasteiger partial charge in [0.15, 0.2) is 21.7 Å². The van der Waals surface area contributed by atoms with Crippen molar-refractivity contribution in [3.05, 3.63) is 123 Å². The van der Waals surface area contributed by atoms with E-state index < -0.39 is 30.0 Å². The van der Waals surface area contributed by atoms with Gasteiger partial charge < -0.3 is 51.7 Å². The van der Waals surface area contributed by atoms with E-state index in [9.17, 15) is 28.8 Å². The number of aromatic nitrogens is 4. The number of carbonyl (C=O) groups is 6. The van der Waals surface area contributed by atoms with Crippen LogP contribution in [0.25, 0.3) is 33.9 Å². The first-order valence-electron chi connectivity index (χ1n) is 24.5. The van der Waals surface area contributed by atoms with Gasteiger partial charge in [-0.1, -0.05) is 100 Å². The highest BCUT2D eigenvalue weighted by atomic mass is 35.5. The number of thiazole rings is 2. The highest BCUT2D eigenvalue weighted by Gasteiger charge is 2.26. The Morgan fingerprint density at radius 3 is 1.42 bits per heavy atom. The smallest absolute Gasteiger partial charge is 0.357 e. The molecule has 78 heavy (non-hydrogen) atoms. The van der Waals surface area contributed by atoms with Gasteiger partial charge in [0.2, 0.25) is 0 Å². The van der Waals surface area contributed by atoms with Crippen molar-refractivity contribution in [3.8, 4) is 33.9 Å². The number of ether oxygens (including phenoxy) is 4. The van der Waals surface area contributed by atoms with Gasteiger partial charge in [0, 0.05) is 77.4 Å². The largest absolute Gasteiger partial charge is 0.466 e. The van der Waals surface area contributed by atoms with Gasteiger partial charge in [-0.3, -0.25) is 18.7 Å². The number of benzene rings is 3. The quantitative estimate of drug-likeness (QED) is 0.0298. The van der Waals surface area contributed by atoms with E-state index in [1.54, 1.807) is 77.5 Å². The number of esters is 3. The molecule has 4 amide bonds. The third-order valence-corrected chi connectivity index (χ3v) is 11.3. The molecule has 0 saturated heterocycles. The van der Waals surface area contributed by atoms with E-state index in [0.29, 0.717) is 39.2 Å². The van der Waals surface area contributed by atoms with Crippen LogP contribution in [0.2, 0.25) is 10.3 Å². The van der Waals surface area contributed by atoms with E-state index in [0.717, 1.165) is 22.5 Å². The van der Waals surface area contributed by atoms with E-state index in [1.165, 1.54) is 62.8 Å². The fourth-order valence-corrected chi connectivity index (χ4v) is 8.24. The fourth-order valence-electron chi connectivity index (χ4n) is 6.51. The highest BCUT2D eigenvalue weighted by Crippen LogP contribution is 2.34. The maximum absolute atomic E-state index is 12.9. The molecule has 0 aliphatic rings. The molecule has 24 heteroatoms. The molecule has 0 atom stereocenters. The Bertz CT molecular complexity index is 3030. The molecular formula is C54H66Cl2N10O10S2. The number of rotatable bonds is 16. The van der Waals surface area contributed by atoms with Gasteiger partial charge in [0.1, 0.15) is 16.6 Å². The molecule has 0 fully saturated rings. The summed E-state index contributed by atoms with van der Waals surface area (Å²) in [6.07, 6.45) is 3.20. The molecule has 0 unspecified atom stereocenters. The third-order valence-electron chi connectivity index (χ3n) is 9.43. The molecule has 0 saturated carbocycles.